The number of fused-ring (bicyclic) bond motifs is 2. The third kappa shape index (κ3) is 24.8. The van der Waals surface area contributed by atoms with Gasteiger partial charge in [-0.05, 0) is 74.8 Å². The Morgan fingerprint density at radius 3 is 1.80 bits per heavy atom. The van der Waals surface area contributed by atoms with Gasteiger partial charge in [0.1, 0.15) is 35.6 Å². The molecule has 3 aliphatic rings. The highest BCUT2D eigenvalue weighted by Crippen LogP contribution is 2.40. The first kappa shape index (κ1) is 70.1. The number of hydrazone groups is 1. The van der Waals surface area contributed by atoms with Crippen LogP contribution in [0.5, 0.6) is 11.5 Å². The Balaban J connectivity index is 0.735. The first-order chi connectivity index (χ1) is 42.1. The predicted octanol–water partition coefficient (Wildman–Crippen LogP) is 8.33. The van der Waals surface area contributed by atoms with Gasteiger partial charge in [-0.25, -0.2) is 22.0 Å². The van der Waals surface area contributed by atoms with Crippen molar-refractivity contribution in [3.63, 3.8) is 0 Å². The van der Waals surface area contributed by atoms with Gasteiger partial charge < -0.3 is 63.4 Å². The number of esters is 1. The van der Waals surface area contributed by atoms with E-state index in [0.717, 1.165) is 37.8 Å². The van der Waals surface area contributed by atoms with Gasteiger partial charge in [-0.2, -0.15) is 5.10 Å². The van der Waals surface area contributed by atoms with E-state index >= 15 is 0 Å². The lowest BCUT2D eigenvalue weighted by atomic mass is 9.86. The van der Waals surface area contributed by atoms with E-state index in [0.29, 0.717) is 140 Å². The molecule has 0 radical (unpaired) electrons. The summed E-state index contributed by atoms with van der Waals surface area (Å²) in [5, 5.41) is 25.5. The van der Waals surface area contributed by atoms with Crippen LogP contribution in [0, 0.1) is 40.1 Å². The van der Waals surface area contributed by atoms with Gasteiger partial charge in [-0.1, -0.05) is 44.2 Å². The minimum atomic E-state index is -2.69. The summed E-state index contributed by atoms with van der Waals surface area (Å²) >= 11 is 0. The second kappa shape index (κ2) is 38.4. The minimum Gasteiger partial charge on any atom is -0.491 e. The minimum absolute atomic E-state index is 0.0112. The number of carbonyl (C=O) groups is 2. The second-order valence-corrected chi connectivity index (χ2v) is 21.7. The maximum absolute atomic E-state index is 13.9. The number of hydrogen-bond acceptors (Lipinski definition) is 18. The molecule has 3 fully saturated rings. The maximum atomic E-state index is 13.9. The fraction of sp³-hybridized carbons (Fsp3) is 0.613. The largest absolute Gasteiger partial charge is 0.491 e. The van der Waals surface area contributed by atoms with Gasteiger partial charge in [-0.15, -0.1) is 0 Å². The average molecular weight is 1230 g/mol. The number of nitrogens with zero attached hydrogens (tertiary/aromatic N) is 4. The Morgan fingerprint density at radius 2 is 1.25 bits per heavy atom. The molecule has 2 unspecified atom stereocenters. The van der Waals surface area contributed by atoms with Crippen LogP contribution in [0.25, 0.3) is 0 Å². The molecule has 6 rings (SSSR count). The molecule has 2 saturated heterocycles. The standard InChI is InChI=1S/C62H87F5N8O12/c1-44(2)59(68)75(52-40-50-10-11-51(41-52)74(50)21-16-56(45-6-4-3-5-7-45)72-61(77)47-14-18-62(66,67)19-15-47)60(69)46-8-12-53(13-9-46)86-37-36-84-33-32-82-30-31-83-34-35-85-43-49(73-70)42-71-20-23-79-25-27-81-29-28-80-26-24-78-22-17-57(76)87-58-54(64)38-48(63)39-55(58)65/h3-9,12-13,38-39,42,44,47,50-52,56,68-69H,10-11,14-37,40-41,43,70H2,1-2H3,(H,72,77)/b68-59?,69-60?,71-42?,73-49+/t50?,51?,52?,56-/m0/s1. The fourth-order valence-electron chi connectivity index (χ4n) is 10.5. The van der Waals surface area contributed by atoms with E-state index in [9.17, 15) is 42.4 Å². The molecule has 3 aromatic carbocycles. The van der Waals surface area contributed by atoms with Gasteiger partial charge in [0, 0.05) is 73.3 Å². The molecule has 2 bridgehead atoms. The van der Waals surface area contributed by atoms with Crippen molar-refractivity contribution in [1.82, 2.24) is 15.1 Å². The van der Waals surface area contributed by atoms with Crippen molar-refractivity contribution in [1.29, 1.82) is 10.8 Å². The third-order valence-electron chi connectivity index (χ3n) is 15.1. The number of nitrogens with two attached hydrogens (primary N) is 1. The molecule has 20 nitrogen and oxygen atoms in total. The van der Waals surface area contributed by atoms with E-state index in [1.165, 1.54) is 6.21 Å². The molecular formula is C62H87F5N8O12. The Kier molecular flexibility index (Phi) is 30.9. The number of amidine groups is 2. The number of hydrogen-bond donors (Lipinski definition) is 4. The summed E-state index contributed by atoms with van der Waals surface area (Å²) < 4.78 is 123. The molecule has 1 amide bonds. The van der Waals surface area contributed by atoms with Crippen molar-refractivity contribution < 1.29 is 78.9 Å². The molecule has 5 N–H and O–H groups in total. The molecule has 87 heavy (non-hydrogen) atoms. The van der Waals surface area contributed by atoms with E-state index in [1.54, 1.807) is 0 Å². The number of benzene rings is 3. The van der Waals surface area contributed by atoms with Gasteiger partial charge in [0.25, 0.3) is 0 Å². The summed E-state index contributed by atoms with van der Waals surface area (Å²) in [7, 11) is 0. The quantitative estimate of drug-likeness (QED) is 0.00610. The number of amides is 1. The van der Waals surface area contributed by atoms with Crippen molar-refractivity contribution in [2.24, 2.45) is 27.8 Å². The summed E-state index contributed by atoms with van der Waals surface area (Å²) in [5.74, 6) is -2.13. The molecular weight excluding hydrogens is 1140 g/mol. The van der Waals surface area contributed by atoms with Crippen molar-refractivity contribution in [2.45, 2.75) is 108 Å². The van der Waals surface area contributed by atoms with Gasteiger partial charge >= 0.3 is 5.97 Å². The number of nitrogens with one attached hydrogen (secondary N) is 3. The Labute approximate surface area is 506 Å². The zero-order chi connectivity index (χ0) is 62.2. The molecule has 1 aliphatic carbocycles. The maximum Gasteiger partial charge on any atom is 0.313 e. The topological polar surface area (TPSA) is 243 Å². The molecule has 3 aromatic rings. The van der Waals surface area contributed by atoms with Crippen molar-refractivity contribution >= 4 is 35.5 Å². The van der Waals surface area contributed by atoms with E-state index in [1.807, 2.05) is 73.3 Å². The smallest absolute Gasteiger partial charge is 0.313 e. The fourth-order valence-corrected chi connectivity index (χ4v) is 10.5. The SMILES string of the molecule is CC(C)C(=N)N(C(=N)c1ccc(OCCOCCOCCOCCOC/C(C=NCCOCCOCCOCCOCCC(=O)Oc2c(F)cc(F)cc2F)=N/N)cc1)C1CC2CCC(C1)N2CC[C@H](NC(=O)C1CCC(F)(F)CC1)c1ccccc1. The Hall–Kier alpha value is -6.03. The molecule has 0 spiro atoms. The van der Waals surface area contributed by atoms with Gasteiger partial charge in [0.15, 0.2) is 11.6 Å². The molecule has 0 aromatic heterocycles. The van der Waals surface area contributed by atoms with Gasteiger partial charge in [0.05, 0.1) is 125 Å². The van der Waals surface area contributed by atoms with Crippen LogP contribution in [0.3, 0.4) is 0 Å². The van der Waals surface area contributed by atoms with Crippen molar-refractivity contribution in [2.75, 3.05) is 125 Å². The average Bonchev–Trinajstić information content (AvgIpc) is 2.34. The third-order valence-corrected chi connectivity index (χ3v) is 15.1. The molecule has 2 aliphatic heterocycles. The first-order valence-electron chi connectivity index (χ1n) is 30.0. The summed E-state index contributed by atoms with van der Waals surface area (Å²) in [6.07, 6.45) is 5.53. The lowest BCUT2D eigenvalue weighted by Crippen LogP contribution is -2.54. The molecule has 3 atom stereocenters. The van der Waals surface area contributed by atoms with E-state index in [-0.39, 0.29) is 94.5 Å². The van der Waals surface area contributed by atoms with Crippen LogP contribution in [-0.4, -0.2) is 195 Å². The van der Waals surface area contributed by atoms with Crippen LogP contribution < -0.4 is 20.6 Å². The zero-order valence-corrected chi connectivity index (χ0v) is 50.1. The van der Waals surface area contributed by atoms with Crippen LogP contribution in [0.2, 0.25) is 0 Å². The monoisotopic (exact) mass is 1230 g/mol. The van der Waals surface area contributed by atoms with Crippen LogP contribution >= 0.6 is 0 Å². The highest BCUT2D eigenvalue weighted by atomic mass is 19.3. The van der Waals surface area contributed by atoms with E-state index < -0.39 is 41.0 Å². The molecule has 25 heteroatoms. The Morgan fingerprint density at radius 1 is 0.724 bits per heavy atom. The highest BCUT2D eigenvalue weighted by molar-refractivity contribution is 6.31. The van der Waals surface area contributed by atoms with Crippen LogP contribution in [0.4, 0.5) is 22.0 Å². The second-order valence-electron chi connectivity index (χ2n) is 21.7. The summed E-state index contributed by atoms with van der Waals surface area (Å²) in [6, 6.07) is 18.5. The van der Waals surface area contributed by atoms with Crippen LogP contribution in [0.1, 0.15) is 95.2 Å². The lowest BCUT2D eigenvalue weighted by Gasteiger charge is -2.45. The predicted molar refractivity (Wildman–Crippen MR) is 317 cm³/mol. The number of rotatable bonds is 41. The Bertz CT molecular complexity index is 2560. The highest BCUT2D eigenvalue weighted by Gasteiger charge is 2.44. The number of ether oxygens (including phenoxy) is 10. The van der Waals surface area contributed by atoms with Crippen LogP contribution in [0.15, 0.2) is 76.8 Å². The first-order valence-corrected chi connectivity index (χ1v) is 30.0. The van der Waals surface area contributed by atoms with Crippen molar-refractivity contribution in [3.05, 3.63) is 95.3 Å². The summed E-state index contributed by atoms with van der Waals surface area (Å²) in [5.41, 5.74) is 2.16. The number of alkyl halides is 2. The van der Waals surface area contributed by atoms with E-state index in [2.05, 4.69) is 25.0 Å². The summed E-state index contributed by atoms with van der Waals surface area (Å²) in [4.78, 5) is 33.9. The van der Waals surface area contributed by atoms with E-state index in [4.69, 9.17) is 48.5 Å². The normalized spacial score (nSPS) is 18.3. The molecule has 2 heterocycles. The number of aliphatic imine (C=N–C) groups is 1. The zero-order valence-electron chi connectivity index (χ0n) is 50.1. The number of carbonyl (C=O) groups excluding carboxylic acids is 2. The van der Waals surface area contributed by atoms with Crippen molar-refractivity contribution in [3.8, 4) is 11.5 Å². The lowest BCUT2D eigenvalue weighted by molar-refractivity contribution is -0.136. The number of piperidine rings is 1. The molecule has 1 saturated carbocycles. The summed E-state index contributed by atoms with van der Waals surface area (Å²) in [6.45, 7) is 10.2. The number of halogens is 5. The van der Waals surface area contributed by atoms with Gasteiger partial charge in [-0.3, -0.25) is 30.3 Å². The van der Waals surface area contributed by atoms with Gasteiger partial charge in [0.2, 0.25) is 17.6 Å². The molecule has 482 valence electrons. The van der Waals surface area contributed by atoms with Crippen LogP contribution in [-0.2, 0) is 47.5 Å².